The molecular weight excluding hydrogens is 272 g/mol. The summed E-state index contributed by atoms with van der Waals surface area (Å²) < 4.78 is 25.0. The summed E-state index contributed by atoms with van der Waals surface area (Å²) in [6, 6.07) is 1.42. The largest absolute Gasteiger partial charge is 0.487 e. The quantitative estimate of drug-likeness (QED) is 0.634. The number of ketones is 1. The summed E-state index contributed by atoms with van der Waals surface area (Å²) in [5.74, 6) is 0.760. The van der Waals surface area contributed by atoms with Crippen LogP contribution in [0.15, 0.2) is 18.2 Å². The molecule has 112 valence electrons. The monoisotopic (exact) mass is 291 g/mol. The Morgan fingerprint density at radius 3 is 2.38 bits per heavy atom. The summed E-state index contributed by atoms with van der Waals surface area (Å²) in [5.41, 5.74) is -0.319. The van der Waals surface area contributed by atoms with Crippen molar-refractivity contribution in [2.45, 2.75) is 45.8 Å². The maximum Gasteiger partial charge on any atom is 0.487 e. The van der Waals surface area contributed by atoms with Gasteiger partial charge in [0.1, 0.15) is 0 Å². The van der Waals surface area contributed by atoms with Gasteiger partial charge >= 0.3 is 7.12 Å². The third-order valence-corrected chi connectivity index (χ3v) is 3.95. The minimum atomic E-state index is -0.615. The summed E-state index contributed by atoms with van der Waals surface area (Å²) in [7, 11) is -0.498. The van der Waals surface area contributed by atoms with E-state index in [-0.39, 0.29) is 11.3 Å². The average Bonchev–Trinajstić information content (AvgIpc) is 2.56. The lowest BCUT2D eigenvalue weighted by atomic mass is 9.89. The van der Waals surface area contributed by atoms with Gasteiger partial charge in [-0.2, -0.15) is 0 Å². The lowest BCUT2D eigenvalue weighted by molar-refractivity contribution is 0.00578. The van der Waals surface area contributed by atoms with E-state index >= 15 is 0 Å². The van der Waals surface area contributed by atoms with Crippen LogP contribution in [0.2, 0.25) is 0 Å². The molecular formula is C15H19BFNO3. The van der Waals surface area contributed by atoms with E-state index in [0.29, 0.717) is 5.69 Å². The molecule has 0 spiro atoms. The van der Waals surface area contributed by atoms with Gasteiger partial charge in [-0.1, -0.05) is 5.98 Å². The second-order valence-corrected chi connectivity index (χ2v) is 6.13. The maximum atomic E-state index is 13.4. The van der Waals surface area contributed by atoms with Gasteiger partial charge in [0.2, 0.25) is 0 Å². The minimum Gasteiger partial charge on any atom is -0.400 e. The number of hydrogen-bond donors (Lipinski definition) is 0. The van der Waals surface area contributed by atoms with E-state index in [9.17, 15) is 9.18 Å². The first-order chi connectivity index (χ1) is 9.62. The molecule has 0 radical (unpaired) electrons. The molecule has 0 bridgehead atoms. The van der Waals surface area contributed by atoms with E-state index in [4.69, 9.17) is 9.31 Å². The number of nitrogens with zero attached hydrogens (tertiary/aromatic N) is 1. The Kier molecular flexibility index (Phi) is 4.04. The highest BCUT2D eigenvalue weighted by molar-refractivity contribution is 6.52. The number of aromatic nitrogens is 1. The Bertz CT molecular complexity index is 583. The number of pyridine rings is 1. The topological polar surface area (TPSA) is 48.4 Å². The molecule has 0 aliphatic carbocycles. The molecule has 21 heavy (non-hydrogen) atoms. The van der Waals surface area contributed by atoms with E-state index in [1.165, 1.54) is 13.0 Å². The molecule has 1 saturated heterocycles. The van der Waals surface area contributed by atoms with E-state index in [2.05, 4.69) is 4.98 Å². The van der Waals surface area contributed by atoms with Crippen LogP contribution in [0.25, 0.3) is 6.08 Å². The maximum absolute atomic E-state index is 13.4. The predicted molar refractivity (Wildman–Crippen MR) is 79.3 cm³/mol. The molecule has 0 saturated carbocycles. The minimum absolute atomic E-state index is 0.0265. The van der Waals surface area contributed by atoms with Crippen molar-refractivity contribution in [3.05, 3.63) is 35.3 Å². The van der Waals surface area contributed by atoms with Crippen molar-refractivity contribution in [3.8, 4) is 0 Å². The van der Waals surface area contributed by atoms with Gasteiger partial charge in [-0.3, -0.25) is 9.78 Å². The molecule has 1 fully saturated rings. The second kappa shape index (κ2) is 5.35. The van der Waals surface area contributed by atoms with Crippen LogP contribution in [0.1, 0.15) is 50.7 Å². The van der Waals surface area contributed by atoms with Gasteiger partial charge in [0.25, 0.3) is 0 Å². The molecule has 1 aliphatic rings. The van der Waals surface area contributed by atoms with Crippen LogP contribution in [0.5, 0.6) is 0 Å². The van der Waals surface area contributed by atoms with Crippen LogP contribution in [0.4, 0.5) is 4.39 Å². The third kappa shape index (κ3) is 3.22. The van der Waals surface area contributed by atoms with Crippen LogP contribution in [0, 0.1) is 5.82 Å². The van der Waals surface area contributed by atoms with Crippen LogP contribution in [-0.4, -0.2) is 29.1 Å². The highest BCUT2D eigenvalue weighted by Crippen LogP contribution is 2.36. The predicted octanol–water partition coefficient (Wildman–Crippen LogP) is 3.07. The van der Waals surface area contributed by atoms with Crippen molar-refractivity contribution in [1.29, 1.82) is 0 Å². The first-order valence-electron chi connectivity index (χ1n) is 6.83. The lowest BCUT2D eigenvalue weighted by Crippen LogP contribution is -2.41. The van der Waals surface area contributed by atoms with Crippen molar-refractivity contribution < 1.29 is 18.5 Å². The molecule has 1 aromatic heterocycles. The van der Waals surface area contributed by atoms with E-state index < -0.39 is 24.1 Å². The first kappa shape index (κ1) is 15.9. The summed E-state index contributed by atoms with van der Waals surface area (Å²) in [6.45, 7) is 9.17. The fourth-order valence-corrected chi connectivity index (χ4v) is 1.96. The van der Waals surface area contributed by atoms with Gasteiger partial charge < -0.3 is 9.31 Å². The number of hydrogen-bond acceptors (Lipinski definition) is 4. The lowest BCUT2D eigenvalue weighted by Gasteiger charge is -2.32. The Labute approximate surface area is 124 Å². The molecule has 4 nitrogen and oxygen atoms in total. The fraction of sp³-hybridized carbons (Fsp3) is 0.467. The molecule has 2 heterocycles. The van der Waals surface area contributed by atoms with Crippen molar-refractivity contribution in [2.75, 3.05) is 0 Å². The average molecular weight is 291 g/mol. The van der Waals surface area contributed by atoms with E-state index in [0.717, 1.165) is 6.20 Å². The van der Waals surface area contributed by atoms with Gasteiger partial charge in [0.05, 0.1) is 28.7 Å². The van der Waals surface area contributed by atoms with Crippen molar-refractivity contribution >= 4 is 19.0 Å². The Hall–Kier alpha value is -1.53. The second-order valence-electron chi connectivity index (χ2n) is 6.13. The fourth-order valence-electron chi connectivity index (χ4n) is 1.96. The van der Waals surface area contributed by atoms with Gasteiger partial charge in [-0.05, 0) is 46.8 Å². The molecule has 2 rings (SSSR count). The zero-order chi connectivity index (χ0) is 15.8. The van der Waals surface area contributed by atoms with Gasteiger partial charge in [-0.25, -0.2) is 4.39 Å². The number of rotatable bonds is 3. The molecule has 0 unspecified atom stereocenters. The van der Waals surface area contributed by atoms with Crippen molar-refractivity contribution in [1.82, 2.24) is 4.98 Å². The first-order valence-corrected chi connectivity index (χ1v) is 6.83. The molecule has 0 aromatic carbocycles. The number of halogens is 1. The van der Waals surface area contributed by atoms with Gasteiger partial charge in [-0.15, -0.1) is 0 Å². The smallest absolute Gasteiger partial charge is 0.400 e. The van der Waals surface area contributed by atoms with E-state index in [1.807, 2.05) is 27.7 Å². The normalized spacial score (nSPS) is 20.2. The number of carbonyl (C=O) groups is 1. The van der Waals surface area contributed by atoms with Crippen LogP contribution >= 0.6 is 0 Å². The van der Waals surface area contributed by atoms with Crippen LogP contribution in [0.3, 0.4) is 0 Å². The Balaban J connectivity index is 2.16. The molecule has 0 atom stereocenters. The molecule has 0 N–H and O–H groups in total. The van der Waals surface area contributed by atoms with Gasteiger partial charge in [0, 0.05) is 0 Å². The van der Waals surface area contributed by atoms with Crippen LogP contribution < -0.4 is 0 Å². The number of Topliss-reactive ketones (excluding diaryl/α,β-unsaturated/α-hetero) is 1. The van der Waals surface area contributed by atoms with E-state index in [1.54, 1.807) is 12.1 Å². The highest BCUT2D eigenvalue weighted by Gasteiger charge is 2.49. The van der Waals surface area contributed by atoms with Crippen molar-refractivity contribution in [2.24, 2.45) is 0 Å². The standard InChI is InChI=1S/C15H19BFNO3/c1-10(19)12-8-11(18-9-13(12)17)6-7-16-20-14(2,3)15(4,5)21-16/h6-9H,1-5H3/b7-6+. The van der Waals surface area contributed by atoms with Gasteiger partial charge in [0.15, 0.2) is 11.6 Å². The zero-order valence-corrected chi connectivity index (χ0v) is 12.9. The third-order valence-electron chi connectivity index (χ3n) is 3.95. The molecule has 0 amide bonds. The summed E-state index contributed by atoms with van der Waals surface area (Å²) >= 11 is 0. The number of carbonyl (C=O) groups excluding carboxylic acids is 1. The molecule has 6 heteroatoms. The molecule has 1 aromatic rings. The highest BCUT2D eigenvalue weighted by atomic mass is 19.1. The summed E-state index contributed by atoms with van der Waals surface area (Å²) in [4.78, 5) is 15.2. The Morgan fingerprint density at radius 2 is 1.86 bits per heavy atom. The van der Waals surface area contributed by atoms with Crippen LogP contribution in [-0.2, 0) is 9.31 Å². The van der Waals surface area contributed by atoms with Crippen molar-refractivity contribution in [3.63, 3.8) is 0 Å². The zero-order valence-electron chi connectivity index (χ0n) is 12.9. The molecule has 1 aliphatic heterocycles. The summed E-state index contributed by atoms with van der Waals surface area (Å²) in [6.07, 6.45) is 2.70. The SMILES string of the molecule is CC(=O)c1cc(/C=C/B2OC(C)(C)C(C)(C)O2)ncc1F. The summed E-state index contributed by atoms with van der Waals surface area (Å²) in [5, 5.41) is 0. The Morgan fingerprint density at radius 1 is 1.29 bits per heavy atom.